The van der Waals surface area contributed by atoms with Gasteiger partial charge in [0.25, 0.3) is 5.89 Å². The van der Waals surface area contributed by atoms with Crippen molar-refractivity contribution in [2.45, 2.75) is 26.2 Å². The Labute approximate surface area is 134 Å². The van der Waals surface area contributed by atoms with Gasteiger partial charge in [-0.05, 0) is 50.5 Å². The molecule has 3 heterocycles. The number of imidazole rings is 1. The topological polar surface area (TPSA) is 70.8 Å². The van der Waals surface area contributed by atoms with Crippen LogP contribution in [0.5, 0.6) is 0 Å². The summed E-state index contributed by atoms with van der Waals surface area (Å²) in [5.74, 6) is 1.85. The summed E-state index contributed by atoms with van der Waals surface area (Å²) in [6.45, 7) is 4.18. The second-order valence-electron chi connectivity index (χ2n) is 5.89. The fraction of sp³-hybridized carbons (Fsp3) is 0.353. The molecule has 1 N–H and O–H groups in total. The lowest BCUT2D eigenvalue weighted by molar-refractivity contribution is 0.431. The number of aromatic amines is 1. The molecule has 118 valence electrons. The van der Waals surface area contributed by atoms with Gasteiger partial charge in [-0.25, -0.2) is 4.98 Å². The van der Waals surface area contributed by atoms with Crippen molar-refractivity contribution in [1.29, 1.82) is 0 Å². The number of aromatic nitrogens is 4. The van der Waals surface area contributed by atoms with E-state index in [9.17, 15) is 0 Å². The molecule has 0 bridgehead atoms. The molecule has 1 fully saturated rings. The smallest absolute Gasteiger partial charge is 0.278 e. The monoisotopic (exact) mass is 309 g/mol. The number of aryl methyl sites for hydroxylation is 1. The summed E-state index contributed by atoms with van der Waals surface area (Å²) in [7, 11) is 0. The van der Waals surface area contributed by atoms with Crippen LogP contribution in [0.1, 0.15) is 25.1 Å². The molecule has 1 saturated heterocycles. The van der Waals surface area contributed by atoms with E-state index in [4.69, 9.17) is 4.52 Å². The van der Waals surface area contributed by atoms with Gasteiger partial charge in [0.15, 0.2) is 0 Å². The van der Waals surface area contributed by atoms with Crippen molar-refractivity contribution in [2.24, 2.45) is 0 Å². The van der Waals surface area contributed by atoms with Crippen molar-refractivity contribution < 1.29 is 4.52 Å². The Morgan fingerprint density at radius 2 is 1.83 bits per heavy atom. The van der Waals surface area contributed by atoms with Crippen molar-refractivity contribution in [3.05, 3.63) is 36.3 Å². The summed E-state index contributed by atoms with van der Waals surface area (Å²) in [4.78, 5) is 14.2. The Balaban J connectivity index is 1.55. The van der Waals surface area contributed by atoms with Gasteiger partial charge in [0, 0.05) is 30.5 Å². The average Bonchev–Trinajstić information content (AvgIpc) is 3.25. The highest BCUT2D eigenvalue weighted by Gasteiger charge is 2.14. The fourth-order valence-electron chi connectivity index (χ4n) is 2.95. The molecule has 1 aliphatic rings. The van der Waals surface area contributed by atoms with Gasteiger partial charge in [-0.1, -0.05) is 5.16 Å². The summed E-state index contributed by atoms with van der Waals surface area (Å²) in [6.07, 6.45) is 5.66. The lowest BCUT2D eigenvalue weighted by Crippen LogP contribution is -2.29. The van der Waals surface area contributed by atoms with Gasteiger partial charge in [-0.15, -0.1) is 0 Å². The van der Waals surface area contributed by atoms with Crippen molar-refractivity contribution in [2.75, 3.05) is 18.0 Å². The number of hydrogen-bond acceptors (Lipinski definition) is 5. The maximum Gasteiger partial charge on any atom is 0.278 e. The first-order valence-electron chi connectivity index (χ1n) is 8.01. The summed E-state index contributed by atoms with van der Waals surface area (Å²) >= 11 is 0. The van der Waals surface area contributed by atoms with Crippen LogP contribution in [-0.4, -0.2) is 33.2 Å². The first-order valence-corrected chi connectivity index (χ1v) is 8.01. The fourth-order valence-corrected chi connectivity index (χ4v) is 2.95. The van der Waals surface area contributed by atoms with Crippen LogP contribution < -0.4 is 4.90 Å². The maximum absolute atomic E-state index is 5.31. The number of piperidine rings is 1. The van der Waals surface area contributed by atoms with Crippen LogP contribution in [0.2, 0.25) is 0 Å². The molecule has 0 saturated carbocycles. The number of hydrogen-bond donors (Lipinski definition) is 1. The van der Waals surface area contributed by atoms with E-state index in [1.54, 1.807) is 6.20 Å². The number of nitrogens with zero attached hydrogens (tertiary/aromatic N) is 4. The summed E-state index contributed by atoms with van der Waals surface area (Å²) in [5, 5.41) is 4.06. The molecule has 1 aromatic carbocycles. The Morgan fingerprint density at radius 3 is 2.52 bits per heavy atom. The zero-order valence-corrected chi connectivity index (χ0v) is 13.1. The minimum atomic E-state index is 0.435. The number of H-pyrrole nitrogens is 1. The molecule has 2 aromatic heterocycles. The molecular formula is C17H19N5O. The van der Waals surface area contributed by atoms with E-state index in [1.165, 1.54) is 24.9 Å². The summed E-state index contributed by atoms with van der Waals surface area (Å²) in [5.41, 5.74) is 2.89. The Kier molecular flexibility index (Phi) is 3.57. The van der Waals surface area contributed by atoms with Gasteiger partial charge in [-0.3, -0.25) is 0 Å². The van der Waals surface area contributed by atoms with Crippen LogP contribution in [0.25, 0.3) is 23.0 Å². The third kappa shape index (κ3) is 2.84. The molecular weight excluding hydrogens is 290 g/mol. The maximum atomic E-state index is 5.31. The Morgan fingerprint density at radius 1 is 1.04 bits per heavy atom. The number of nitrogens with one attached hydrogen (secondary N) is 1. The molecule has 1 aliphatic heterocycles. The summed E-state index contributed by atoms with van der Waals surface area (Å²) in [6, 6.07) is 8.37. The predicted octanol–water partition coefficient (Wildman–Crippen LogP) is 3.43. The molecule has 0 aliphatic carbocycles. The van der Waals surface area contributed by atoms with Gasteiger partial charge in [-0.2, -0.15) is 4.98 Å². The van der Waals surface area contributed by atoms with Gasteiger partial charge >= 0.3 is 0 Å². The quantitative estimate of drug-likeness (QED) is 0.802. The van der Waals surface area contributed by atoms with E-state index in [1.807, 2.05) is 19.1 Å². The van der Waals surface area contributed by atoms with Crippen molar-refractivity contribution in [3.8, 4) is 23.0 Å². The zero-order valence-electron chi connectivity index (χ0n) is 13.1. The van der Waals surface area contributed by atoms with E-state index < -0.39 is 0 Å². The van der Waals surface area contributed by atoms with Crippen LogP contribution >= 0.6 is 0 Å². The van der Waals surface area contributed by atoms with E-state index >= 15 is 0 Å². The molecule has 4 rings (SSSR count). The first-order chi connectivity index (χ1) is 11.3. The molecule has 0 atom stereocenters. The molecule has 3 aromatic rings. The van der Waals surface area contributed by atoms with E-state index in [0.29, 0.717) is 17.4 Å². The molecule has 0 radical (unpaired) electrons. The highest BCUT2D eigenvalue weighted by atomic mass is 16.5. The molecule has 0 amide bonds. The SMILES string of the molecule is Cc1nc(-c2nc(-c3ccc(N4CCCCC4)cc3)no2)c[nH]1. The number of anilines is 1. The van der Waals surface area contributed by atoms with Crippen LogP contribution in [-0.2, 0) is 0 Å². The van der Waals surface area contributed by atoms with Crippen LogP contribution in [0.4, 0.5) is 5.69 Å². The lowest BCUT2D eigenvalue weighted by atomic mass is 10.1. The highest BCUT2D eigenvalue weighted by molar-refractivity contribution is 5.61. The van der Waals surface area contributed by atoms with Gasteiger partial charge in [0.05, 0.1) is 0 Å². The molecule has 6 heteroatoms. The third-order valence-corrected chi connectivity index (χ3v) is 4.20. The average molecular weight is 309 g/mol. The molecule has 23 heavy (non-hydrogen) atoms. The second-order valence-corrected chi connectivity index (χ2v) is 5.89. The first kappa shape index (κ1) is 14.0. The van der Waals surface area contributed by atoms with E-state index in [0.717, 1.165) is 24.5 Å². The van der Waals surface area contributed by atoms with Crippen LogP contribution in [0.3, 0.4) is 0 Å². The normalized spacial score (nSPS) is 15.1. The standard InChI is InChI=1S/C17H19N5O/c1-12-18-11-15(19-12)17-20-16(21-23-17)13-5-7-14(8-6-13)22-9-3-2-4-10-22/h5-8,11H,2-4,9-10H2,1H3,(H,18,19). The second kappa shape index (κ2) is 5.87. The number of rotatable bonds is 3. The van der Waals surface area contributed by atoms with E-state index in [2.05, 4.69) is 37.1 Å². The van der Waals surface area contributed by atoms with E-state index in [-0.39, 0.29) is 0 Å². The predicted molar refractivity (Wildman–Crippen MR) is 88.1 cm³/mol. The highest BCUT2D eigenvalue weighted by Crippen LogP contribution is 2.25. The van der Waals surface area contributed by atoms with Gasteiger partial charge in [0.1, 0.15) is 11.5 Å². The third-order valence-electron chi connectivity index (χ3n) is 4.20. The van der Waals surface area contributed by atoms with Gasteiger partial charge in [0.2, 0.25) is 5.82 Å². The zero-order chi connectivity index (χ0) is 15.6. The molecule has 0 unspecified atom stereocenters. The van der Waals surface area contributed by atoms with Crippen molar-refractivity contribution in [3.63, 3.8) is 0 Å². The molecule has 0 spiro atoms. The Hall–Kier alpha value is -2.63. The van der Waals surface area contributed by atoms with Gasteiger partial charge < -0.3 is 14.4 Å². The van der Waals surface area contributed by atoms with Crippen LogP contribution in [0, 0.1) is 6.92 Å². The lowest BCUT2D eigenvalue weighted by Gasteiger charge is -2.28. The largest absolute Gasteiger partial charge is 0.372 e. The minimum absolute atomic E-state index is 0.435. The number of benzene rings is 1. The minimum Gasteiger partial charge on any atom is -0.372 e. The van der Waals surface area contributed by atoms with Crippen molar-refractivity contribution >= 4 is 5.69 Å². The Bertz CT molecular complexity index is 783. The summed E-state index contributed by atoms with van der Waals surface area (Å²) < 4.78 is 5.31. The van der Waals surface area contributed by atoms with Crippen LogP contribution in [0.15, 0.2) is 35.0 Å². The molecule has 6 nitrogen and oxygen atoms in total. The van der Waals surface area contributed by atoms with Crippen molar-refractivity contribution in [1.82, 2.24) is 20.1 Å².